The molecule has 38 heavy (non-hydrogen) atoms. The summed E-state index contributed by atoms with van der Waals surface area (Å²) in [5.74, 6) is 2.56. The second-order valence-electron chi connectivity index (χ2n) is 11.5. The lowest BCUT2D eigenvalue weighted by molar-refractivity contribution is -0.116. The summed E-state index contributed by atoms with van der Waals surface area (Å²) in [5, 5.41) is 8.36. The molecule has 4 aromatic rings. The van der Waals surface area contributed by atoms with Gasteiger partial charge >= 0.3 is 0 Å². The molecular weight excluding hydrogens is 482 g/mol. The number of carbonyl (C=O) groups excluding carboxylic acids is 1. The number of aromatic nitrogens is 6. The molecule has 1 N–H and O–H groups in total. The number of imidazole rings is 1. The van der Waals surface area contributed by atoms with Crippen LogP contribution in [0.2, 0.25) is 0 Å². The number of anilines is 2. The van der Waals surface area contributed by atoms with Crippen molar-refractivity contribution in [2.45, 2.75) is 71.4 Å². The van der Waals surface area contributed by atoms with Gasteiger partial charge in [-0.1, -0.05) is 20.8 Å². The molecule has 1 fully saturated rings. The first-order valence-corrected chi connectivity index (χ1v) is 12.9. The normalized spacial score (nSPS) is 17.2. The molecule has 10 nitrogen and oxygen atoms in total. The molecular formula is C28H35N7O3. The fourth-order valence-electron chi connectivity index (χ4n) is 4.89. The predicted octanol–water partition coefficient (Wildman–Crippen LogP) is 5.26. The van der Waals surface area contributed by atoms with Crippen LogP contribution in [0.25, 0.3) is 11.2 Å². The van der Waals surface area contributed by atoms with Crippen molar-refractivity contribution in [3.63, 3.8) is 0 Å². The third kappa shape index (κ3) is 5.13. The van der Waals surface area contributed by atoms with Gasteiger partial charge in [0.15, 0.2) is 11.5 Å². The van der Waals surface area contributed by atoms with E-state index >= 15 is 0 Å². The van der Waals surface area contributed by atoms with Gasteiger partial charge < -0.3 is 19.4 Å². The molecule has 0 spiro atoms. The van der Waals surface area contributed by atoms with Crippen molar-refractivity contribution in [3.05, 3.63) is 48.0 Å². The Morgan fingerprint density at radius 2 is 2.00 bits per heavy atom. The van der Waals surface area contributed by atoms with Crippen molar-refractivity contribution >= 4 is 28.7 Å². The minimum atomic E-state index is -0.289. The zero-order valence-electron chi connectivity index (χ0n) is 23.1. The third-order valence-corrected chi connectivity index (χ3v) is 6.87. The fraction of sp³-hybridized carbons (Fsp3) is 0.464. The highest BCUT2D eigenvalue weighted by Gasteiger charge is 2.40. The number of ether oxygens (including phenoxy) is 2. The van der Waals surface area contributed by atoms with Crippen LogP contribution in [0.15, 0.2) is 36.7 Å². The van der Waals surface area contributed by atoms with Crippen LogP contribution in [0.1, 0.15) is 65.4 Å². The van der Waals surface area contributed by atoms with E-state index in [1.807, 2.05) is 17.7 Å². The van der Waals surface area contributed by atoms with E-state index < -0.39 is 0 Å². The topological polar surface area (TPSA) is 109 Å². The van der Waals surface area contributed by atoms with Crippen LogP contribution in [0.5, 0.6) is 11.5 Å². The second-order valence-corrected chi connectivity index (χ2v) is 11.5. The summed E-state index contributed by atoms with van der Waals surface area (Å²) >= 11 is 0. The molecule has 0 amide bonds. The first-order chi connectivity index (χ1) is 17.9. The molecule has 1 saturated heterocycles. The molecule has 0 aromatic carbocycles. The number of aryl methyl sites for hydroxylation is 1. The molecule has 0 radical (unpaired) electrons. The SMILES string of the molecule is CC(=O)Cc1cc(Oc2cnc3nc(Nc4cc(C(C)(C)C)n(C5CCOC5(C)C)n4)n(C)c3c2)ccn1. The van der Waals surface area contributed by atoms with E-state index in [0.717, 1.165) is 30.1 Å². The number of fused-ring (bicyclic) bond motifs is 1. The molecule has 1 aliphatic rings. The van der Waals surface area contributed by atoms with E-state index in [1.165, 1.54) is 0 Å². The Bertz CT molecular complexity index is 1500. The van der Waals surface area contributed by atoms with E-state index in [2.05, 4.69) is 60.7 Å². The average molecular weight is 518 g/mol. The van der Waals surface area contributed by atoms with Crippen molar-refractivity contribution in [1.82, 2.24) is 29.3 Å². The summed E-state index contributed by atoms with van der Waals surface area (Å²) in [7, 11) is 1.93. The van der Waals surface area contributed by atoms with Crippen LogP contribution in [0, 0.1) is 0 Å². The quantitative estimate of drug-likeness (QED) is 0.353. The van der Waals surface area contributed by atoms with E-state index in [4.69, 9.17) is 19.6 Å². The smallest absolute Gasteiger partial charge is 0.210 e. The Balaban J connectivity index is 1.42. The van der Waals surface area contributed by atoms with Crippen molar-refractivity contribution in [2.24, 2.45) is 7.05 Å². The van der Waals surface area contributed by atoms with Crippen LogP contribution in [-0.2, 0) is 28.4 Å². The maximum absolute atomic E-state index is 11.4. The zero-order chi connectivity index (χ0) is 27.2. The summed E-state index contributed by atoms with van der Waals surface area (Å²) in [6.07, 6.45) is 4.46. The van der Waals surface area contributed by atoms with Crippen molar-refractivity contribution in [1.29, 1.82) is 0 Å². The van der Waals surface area contributed by atoms with Crippen LogP contribution in [-0.4, -0.2) is 47.3 Å². The molecule has 5 rings (SSSR count). The van der Waals surface area contributed by atoms with E-state index in [-0.39, 0.29) is 29.3 Å². The lowest BCUT2D eigenvalue weighted by Gasteiger charge is -2.30. The van der Waals surface area contributed by atoms with Crippen LogP contribution in [0.3, 0.4) is 0 Å². The largest absolute Gasteiger partial charge is 0.456 e. The summed E-state index contributed by atoms with van der Waals surface area (Å²) < 4.78 is 16.1. The number of Topliss-reactive ketones (excluding diaryl/α,β-unsaturated/α-hetero) is 1. The van der Waals surface area contributed by atoms with Gasteiger partial charge in [0.2, 0.25) is 5.95 Å². The Kier molecular flexibility index (Phi) is 6.46. The van der Waals surface area contributed by atoms with Gasteiger partial charge in [-0.3, -0.25) is 14.5 Å². The maximum Gasteiger partial charge on any atom is 0.210 e. The number of carbonyl (C=O) groups is 1. The number of hydrogen-bond acceptors (Lipinski definition) is 8. The molecule has 1 aliphatic heterocycles. The molecule has 4 aromatic heterocycles. The van der Waals surface area contributed by atoms with Crippen LogP contribution < -0.4 is 10.1 Å². The summed E-state index contributed by atoms with van der Waals surface area (Å²) in [4.78, 5) is 24.9. The monoisotopic (exact) mass is 517 g/mol. The second kappa shape index (κ2) is 9.50. The molecule has 5 heterocycles. The summed E-state index contributed by atoms with van der Waals surface area (Å²) in [5.41, 5.74) is 2.82. The lowest BCUT2D eigenvalue weighted by Crippen LogP contribution is -2.33. The Hall–Kier alpha value is -3.79. The average Bonchev–Trinajstić information content (AvgIpc) is 3.49. The minimum absolute atomic E-state index is 0.0485. The van der Waals surface area contributed by atoms with Gasteiger partial charge in [-0.15, -0.1) is 0 Å². The molecule has 0 bridgehead atoms. The Morgan fingerprint density at radius 1 is 1.21 bits per heavy atom. The van der Waals surface area contributed by atoms with E-state index in [0.29, 0.717) is 28.8 Å². The van der Waals surface area contributed by atoms with Crippen molar-refractivity contribution in [3.8, 4) is 11.5 Å². The number of nitrogens with one attached hydrogen (secondary N) is 1. The number of nitrogens with zero attached hydrogens (tertiary/aromatic N) is 6. The summed E-state index contributed by atoms with van der Waals surface area (Å²) in [6.45, 7) is 13.1. The molecule has 200 valence electrons. The van der Waals surface area contributed by atoms with Gasteiger partial charge in [-0.25, -0.2) is 4.98 Å². The van der Waals surface area contributed by atoms with Crippen molar-refractivity contribution < 1.29 is 14.3 Å². The fourth-order valence-corrected chi connectivity index (χ4v) is 4.89. The third-order valence-electron chi connectivity index (χ3n) is 6.87. The number of pyridine rings is 2. The van der Waals surface area contributed by atoms with Crippen LogP contribution >= 0.6 is 0 Å². The first-order valence-electron chi connectivity index (χ1n) is 12.9. The highest BCUT2D eigenvalue weighted by molar-refractivity contribution is 5.78. The predicted molar refractivity (Wildman–Crippen MR) is 145 cm³/mol. The summed E-state index contributed by atoms with van der Waals surface area (Å²) in [6, 6.07) is 7.66. The molecule has 1 unspecified atom stereocenters. The highest BCUT2D eigenvalue weighted by Crippen LogP contribution is 2.39. The molecule has 0 aliphatic carbocycles. The first kappa shape index (κ1) is 25.8. The Morgan fingerprint density at radius 3 is 2.68 bits per heavy atom. The Labute approximate surface area is 222 Å². The van der Waals surface area contributed by atoms with Gasteiger partial charge in [0.05, 0.1) is 29.1 Å². The van der Waals surface area contributed by atoms with Gasteiger partial charge in [-0.2, -0.15) is 10.1 Å². The number of hydrogen-bond donors (Lipinski definition) is 1. The lowest BCUT2D eigenvalue weighted by atomic mass is 9.90. The molecule has 10 heteroatoms. The van der Waals surface area contributed by atoms with Crippen molar-refractivity contribution in [2.75, 3.05) is 11.9 Å². The van der Waals surface area contributed by atoms with Gasteiger partial charge in [-0.05, 0) is 33.3 Å². The molecule has 0 saturated carbocycles. The van der Waals surface area contributed by atoms with Crippen LogP contribution in [0.4, 0.5) is 11.8 Å². The highest BCUT2D eigenvalue weighted by atomic mass is 16.5. The van der Waals surface area contributed by atoms with E-state index in [1.54, 1.807) is 31.5 Å². The molecule has 1 atom stereocenters. The maximum atomic E-state index is 11.4. The van der Waals surface area contributed by atoms with E-state index in [9.17, 15) is 4.79 Å². The number of rotatable bonds is 7. The minimum Gasteiger partial charge on any atom is -0.456 e. The standard InChI is InChI=1S/C28H35N7O3/c1-17(36)12-18-13-19(8-10-29-18)38-20-14-21-25(30-16-20)32-26(34(21)7)31-24-15-23(27(2,3)4)35(33-24)22-9-11-37-28(22,5)6/h8,10,13-16,22H,9,11-12H2,1-7H3,(H,30,31,32,33). The van der Waals surface area contributed by atoms with Gasteiger partial charge in [0, 0.05) is 55.6 Å². The van der Waals surface area contributed by atoms with Gasteiger partial charge in [0.25, 0.3) is 0 Å². The number of ketones is 1. The van der Waals surface area contributed by atoms with Gasteiger partial charge in [0.1, 0.15) is 17.3 Å². The zero-order valence-corrected chi connectivity index (χ0v) is 23.1.